The summed E-state index contributed by atoms with van der Waals surface area (Å²) in [5.74, 6) is 0. The van der Waals surface area contributed by atoms with Crippen LogP contribution in [0, 0.1) is 0 Å². The van der Waals surface area contributed by atoms with Gasteiger partial charge in [0.1, 0.15) is 9.79 Å². The molecule has 2 aromatic carbocycles. The zero-order chi connectivity index (χ0) is 15.1. The Labute approximate surface area is 114 Å². The van der Waals surface area contributed by atoms with Crippen molar-refractivity contribution in [3.8, 4) is 0 Å². The minimum atomic E-state index is -4.63. The summed E-state index contributed by atoms with van der Waals surface area (Å²) in [6.45, 7) is 0. The predicted molar refractivity (Wildman–Crippen MR) is 69.0 cm³/mol. The lowest BCUT2D eigenvalue weighted by atomic mass is 10.1. The lowest BCUT2D eigenvalue weighted by Crippen LogP contribution is -2.05. The van der Waals surface area contributed by atoms with Crippen molar-refractivity contribution in [1.29, 1.82) is 0 Å². The molecule has 9 heteroatoms. The first-order chi connectivity index (χ1) is 9.16. The summed E-state index contributed by atoms with van der Waals surface area (Å²) in [6.07, 6.45) is 0.194. The summed E-state index contributed by atoms with van der Waals surface area (Å²) < 4.78 is 62.9. The molecule has 0 spiro atoms. The Bertz CT molecular complexity index is 911. The summed E-state index contributed by atoms with van der Waals surface area (Å²) in [4.78, 5) is 9.97. The molecule has 0 radical (unpaired) electrons. The van der Waals surface area contributed by atoms with E-state index in [1.54, 1.807) is 0 Å². The zero-order valence-electron chi connectivity index (χ0n) is 9.72. The van der Waals surface area contributed by atoms with Crippen LogP contribution in [0.2, 0.25) is 0 Å². The van der Waals surface area contributed by atoms with E-state index in [0.717, 1.165) is 18.2 Å². The molecule has 0 atom stereocenters. The van der Waals surface area contributed by atoms with Gasteiger partial charge in [0.15, 0.2) is 6.29 Å². The second-order valence-electron chi connectivity index (χ2n) is 3.90. The monoisotopic (exact) mass is 316 g/mol. The number of hydrogen-bond acceptors (Lipinski definition) is 5. The molecule has 0 unspecified atom stereocenters. The van der Waals surface area contributed by atoms with Crippen molar-refractivity contribution in [2.75, 3.05) is 0 Å². The molecule has 0 saturated carbocycles. The number of aldehydes is 1. The SMILES string of the molecule is O=Cc1c(S(=O)(=O)O)ccc2c(S(=O)(=O)O)cccc12. The van der Waals surface area contributed by atoms with E-state index in [-0.39, 0.29) is 22.6 Å². The molecule has 2 N–H and O–H groups in total. The van der Waals surface area contributed by atoms with Crippen molar-refractivity contribution in [2.45, 2.75) is 9.79 Å². The third-order valence-corrected chi connectivity index (χ3v) is 4.52. The van der Waals surface area contributed by atoms with E-state index >= 15 is 0 Å². The molecule has 0 aromatic heterocycles. The van der Waals surface area contributed by atoms with Crippen LogP contribution in [0.3, 0.4) is 0 Å². The van der Waals surface area contributed by atoms with Gasteiger partial charge in [0, 0.05) is 10.9 Å². The van der Waals surface area contributed by atoms with Crippen molar-refractivity contribution in [2.24, 2.45) is 0 Å². The van der Waals surface area contributed by atoms with Gasteiger partial charge in [-0.1, -0.05) is 18.2 Å². The summed E-state index contributed by atoms with van der Waals surface area (Å²) >= 11 is 0. The van der Waals surface area contributed by atoms with Gasteiger partial charge in [0.05, 0.1) is 0 Å². The summed E-state index contributed by atoms with van der Waals surface area (Å²) in [5, 5.41) is -0.0326. The molecule has 0 amide bonds. The van der Waals surface area contributed by atoms with Gasteiger partial charge in [0.2, 0.25) is 0 Å². The Kier molecular flexibility index (Phi) is 3.38. The number of benzene rings is 2. The van der Waals surface area contributed by atoms with Crippen LogP contribution < -0.4 is 0 Å². The van der Waals surface area contributed by atoms with Gasteiger partial charge in [-0.15, -0.1) is 0 Å². The molecule has 2 rings (SSSR count). The molecule has 0 aliphatic rings. The molecular weight excluding hydrogens is 308 g/mol. The lowest BCUT2D eigenvalue weighted by molar-refractivity contribution is 0.112. The van der Waals surface area contributed by atoms with Crippen LogP contribution in [0.25, 0.3) is 10.8 Å². The molecule has 2 aromatic rings. The van der Waals surface area contributed by atoms with Crippen LogP contribution in [-0.2, 0) is 20.2 Å². The van der Waals surface area contributed by atoms with E-state index in [9.17, 15) is 21.6 Å². The fraction of sp³-hybridized carbons (Fsp3) is 0. The minimum Gasteiger partial charge on any atom is -0.298 e. The first kappa shape index (κ1) is 14.6. The van der Waals surface area contributed by atoms with Gasteiger partial charge in [0.25, 0.3) is 20.2 Å². The maximum Gasteiger partial charge on any atom is 0.295 e. The molecule has 0 bridgehead atoms. The summed E-state index contributed by atoms with van der Waals surface area (Å²) in [6, 6.07) is 5.65. The van der Waals surface area contributed by atoms with Crippen molar-refractivity contribution in [1.82, 2.24) is 0 Å². The van der Waals surface area contributed by atoms with Gasteiger partial charge in [-0.25, -0.2) is 0 Å². The zero-order valence-corrected chi connectivity index (χ0v) is 11.3. The highest BCUT2D eigenvalue weighted by Gasteiger charge is 2.21. The second-order valence-corrected chi connectivity index (χ2v) is 6.68. The topological polar surface area (TPSA) is 126 Å². The standard InChI is InChI=1S/C11H8O7S2/c12-6-9-7-2-1-3-10(19(13,14)15)8(7)4-5-11(9)20(16,17)18/h1-6H,(H,13,14,15)(H,16,17,18). The molecule has 0 saturated heterocycles. The maximum atomic E-state index is 11.2. The number of hydrogen-bond donors (Lipinski definition) is 2. The Morgan fingerprint density at radius 3 is 1.90 bits per heavy atom. The average Bonchev–Trinajstić information content (AvgIpc) is 2.34. The number of carbonyl (C=O) groups excluding carboxylic acids is 1. The third kappa shape index (κ3) is 2.43. The predicted octanol–water partition coefficient (Wildman–Crippen LogP) is 1.15. The Hall–Kier alpha value is -1.81. The molecular formula is C11H8O7S2. The fourth-order valence-electron chi connectivity index (χ4n) is 1.90. The van der Waals surface area contributed by atoms with Crippen LogP contribution in [0.15, 0.2) is 40.1 Å². The first-order valence-electron chi connectivity index (χ1n) is 5.12. The molecule has 20 heavy (non-hydrogen) atoms. The van der Waals surface area contributed by atoms with Crippen molar-refractivity contribution in [3.05, 3.63) is 35.9 Å². The molecule has 0 aliphatic heterocycles. The highest BCUT2D eigenvalue weighted by molar-refractivity contribution is 7.86. The quantitative estimate of drug-likeness (QED) is 0.642. The Balaban J connectivity index is 3.03. The van der Waals surface area contributed by atoms with Gasteiger partial charge in [-0.3, -0.25) is 13.9 Å². The van der Waals surface area contributed by atoms with Gasteiger partial charge in [-0.05, 0) is 17.5 Å². The van der Waals surface area contributed by atoms with Crippen LogP contribution in [0.1, 0.15) is 10.4 Å². The third-order valence-electron chi connectivity index (χ3n) is 2.70. The number of rotatable bonds is 3. The van der Waals surface area contributed by atoms with E-state index < -0.39 is 30.0 Å². The summed E-state index contributed by atoms with van der Waals surface area (Å²) in [7, 11) is -9.16. The van der Waals surface area contributed by atoms with E-state index in [0.29, 0.717) is 0 Å². The minimum absolute atomic E-state index is 0.00903. The van der Waals surface area contributed by atoms with E-state index in [1.165, 1.54) is 12.1 Å². The Morgan fingerprint density at radius 1 is 0.800 bits per heavy atom. The van der Waals surface area contributed by atoms with Crippen LogP contribution in [0.5, 0.6) is 0 Å². The van der Waals surface area contributed by atoms with Gasteiger partial charge < -0.3 is 0 Å². The normalized spacial score (nSPS) is 12.5. The lowest BCUT2D eigenvalue weighted by Gasteiger charge is -2.08. The molecule has 0 fully saturated rings. The average molecular weight is 316 g/mol. The van der Waals surface area contributed by atoms with Gasteiger partial charge >= 0.3 is 0 Å². The summed E-state index contributed by atoms with van der Waals surface area (Å²) in [5.41, 5.74) is -0.379. The highest BCUT2D eigenvalue weighted by atomic mass is 32.2. The molecule has 0 aliphatic carbocycles. The van der Waals surface area contributed by atoms with Crippen molar-refractivity contribution in [3.63, 3.8) is 0 Å². The van der Waals surface area contributed by atoms with E-state index in [2.05, 4.69) is 0 Å². The molecule has 0 heterocycles. The van der Waals surface area contributed by atoms with Crippen molar-refractivity contribution < 1.29 is 30.7 Å². The molecule has 106 valence electrons. The number of fused-ring (bicyclic) bond motifs is 1. The van der Waals surface area contributed by atoms with Crippen LogP contribution >= 0.6 is 0 Å². The molecule has 7 nitrogen and oxygen atoms in total. The first-order valence-corrected chi connectivity index (χ1v) is 8.00. The number of carbonyl (C=O) groups is 1. The maximum absolute atomic E-state index is 11.2. The second kappa shape index (κ2) is 4.63. The van der Waals surface area contributed by atoms with Crippen molar-refractivity contribution >= 4 is 37.3 Å². The largest absolute Gasteiger partial charge is 0.298 e. The van der Waals surface area contributed by atoms with E-state index in [4.69, 9.17) is 9.11 Å². The fourth-order valence-corrected chi connectivity index (χ4v) is 3.29. The van der Waals surface area contributed by atoms with Gasteiger partial charge in [-0.2, -0.15) is 16.8 Å². The smallest absolute Gasteiger partial charge is 0.295 e. The van der Waals surface area contributed by atoms with Crippen LogP contribution in [0.4, 0.5) is 0 Å². The van der Waals surface area contributed by atoms with Crippen LogP contribution in [-0.4, -0.2) is 32.2 Å². The highest BCUT2D eigenvalue weighted by Crippen LogP contribution is 2.29. The Morgan fingerprint density at radius 2 is 1.40 bits per heavy atom. The van der Waals surface area contributed by atoms with E-state index in [1.807, 2.05) is 0 Å².